The molecule has 0 unspecified atom stereocenters. The van der Waals surface area contributed by atoms with Crippen molar-refractivity contribution < 1.29 is 36.8 Å². The first-order valence-electron chi connectivity index (χ1n) is 10.8. The molecule has 0 aliphatic heterocycles. The lowest BCUT2D eigenvalue weighted by Gasteiger charge is -2.16. The fourth-order valence-electron chi connectivity index (χ4n) is 3.57. The number of halogens is 1. The van der Waals surface area contributed by atoms with E-state index < -0.39 is 10.0 Å². The summed E-state index contributed by atoms with van der Waals surface area (Å²) in [6.45, 7) is 0. The Labute approximate surface area is 221 Å². The number of anilines is 1. The largest absolute Gasteiger partial charge is 0.495 e. The van der Waals surface area contributed by atoms with Crippen molar-refractivity contribution in [3.8, 4) is 34.5 Å². The maximum absolute atomic E-state index is 13.1. The zero-order valence-electron chi connectivity index (χ0n) is 21.2. The first-order valence-corrected chi connectivity index (χ1v) is 12.7. The third-order valence-electron chi connectivity index (χ3n) is 5.33. The third kappa shape index (κ3) is 6.15. The molecule has 0 amide bonds. The molecule has 9 nitrogen and oxygen atoms in total. The van der Waals surface area contributed by atoms with Crippen molar-refractivity contribution in [1.82, 2.24) is 0 Å². The molecule has 3 aromatic carbocycles. The highest BCUT2D eigenvalue weighted by Crippen LogP contribution is 2.40. The van der Waals surface area contributed by atoms with E-state index in [4.69, 9.17) is 40.0 Å². The minimum absolute atomic E-state index is 0.0438. The Morgan fingerprint density at radius 1 is 0.649 bits per heavy atom. The summed E-state index contributed by atoms with van der Waals surface area (Å²) in [5.74, 6) is 2.39. The Morgan fingerprint density at radius 3 is 1.59 bits per heavy atom. The van der Waals surface area contributed by atoms with E-state index in [1.807, 2.05) is 6.08 Å². The predicted molar refractivity (Wildman–Crippen MR) is 143 cm³/mol. The van der Waals surface area contributed by atoms with E-state index in [2.05, 4.69) is 4.72 Å². The molecule has 0 saturated carbocycles. The fraction of sp³-hybridized carbons (Fsp3) is 0.231. The molecule has 37 heavy (non-hydrogen) atoms. The van der Waals surface area contributed by atoms with Crippen LogP contribution in [0.3, 0.4) is 0 Å². The maximum Gasteiger partial charge on any atom is 0.262 e. The lowest BCUT2D eigenvalue weighted by molar-refractivity contribution is 0.324. The number of ether oxygens (including phenoxy) is 6. The van der Waals surface area contributed by atoms with Crippen LogP contribution in [0.1, 0.15) is 11.1 Å². The summed E-state index contributed by atoms with van der Waals surface area (Å²) >= 11 is 6.13. The molecule has 11 heteroatoms. The van der Waals surface area contributed by atoms with Crippen molar-refractivity contribution in [2.24, 2.45) is 0 Å². The second kappa shape index (κ2) is 12.0. The van der Waals surface area contributed by atoms with Gasteiger partial charge in [-0.05, 0) is 53.6 Å². The van der Waals surface area contributed by atoms with Crippen LogP contribution in [0.5, 0.6) is 34.5 Å². The SMILES string of the molecule is COc1ccc(S(=O)(=O)Nc2cc(/C=C\c3cc(OC)c(OC)c(OC)c3)cc(OC)c2OC)cc1Cl. The molecule has 198 valence electrons. The molecule has 0 heterocycles. The molecule has 0 spiro atoms. The molecular weight excluding hydrogens is 522 g/mol. The third-order valence-corrected chi connectivity index (χ3v) is 6.99. The van der Waals surface area contributed by atoms with Crippen LogP contribution in [0, 0.1) is 0 Å². The molecular formula is C26H28ClNO8S. The minimum atomic E-state index is -4.02. The molecule has 0 aliphatic carbocycles. The van der Waals surface area contributed by atoms with E-state index >= 15 is 0 Å². The maximum atomic E-state index is 13.1. The molecule has 3 rings (SSSR count). The molecule has 1 N–H and O–H groups in total. The monoisotopic (exact) mass is 549 g/mol. The first-order chi connectivity index (χ1) is 17.7. The van der Waals surface area contributed by atoms with Gasteiger partial charge in [-0.25, -0.2) is 8.42 Å². The number of methoxy groups -OCH3 is 6. The Kier molecular flexibility index (Phi) is 9.01. The van der Waals surface area contributed by atoms with E-state index in [1.165, 1.54) is 60.9 Å². The minimum Gasteiger partial charge on any atom is -0.495 e. The fourth-order valence-corrected chi connectivity index (χ4v) is 4.97. The van der Waals surface area contributed by atoms with Gasteiger partial charge in [-0.1, -0.05) is 23.8 Å². The van der Waals surface area contributed by atoms with Crippen molar-refractivity contribution in [2.75, 3.05) is 47.4 Å². The number of sulfonamides is 1. The van der Waals surface area contributed by atoms with Crippen LogP contribution < -0.4 is 33.1 Å². The number of rotatable bonds is 11. The van der Waals surface area contributed by atoms with Crippen molar-refractivity contribution in [3.05, 3.63) is 58.6 Å². The van der Waals surface area contributed by atoms with Crippen molar-refractivity contribution in [1.29, 1.82) is 0 Å². The Balaban J connectivity index is 2.03. The Hall–Kier alpha value is -3.76. The summed E-state index contributed by atoms with van der Waals surface area (Å²) in [6.07, 6.45) is 3.60. The van der Waals surface area contributed by atoms with Gasteiger partial charge in [0, 0.05) is 0 Å². The van der Waals surface area contributed by atoms with Gasteiger partial charge in [0.15, 0.2) is 23.0 Å². The molecule has 0 bridgehead atoms. The Bertz CT molecular complexity index is 1380. The molecule has 0 fully saturated rings. The molecule has 0 saturated heterocycles. The van der Waals surface area contributed by atoms with Crippen LogP contribution in [-0.2, 0) is 10.0 Å². The summed E-state index contributed by atoms with van der Waals surface area (Å²) in [5.41, 5.74) is 1.58. The normalized spacial score (nSPS) is 11.2. The zero-order valence-corrected chi connectivity index (χ0v) is 22.8. The molecule has 0 aromatic heterocycles. The summed E-state index contributed by atoms with van der Waals surface area (Å²) in [5, 5.41) is 0.164. The van der Waals surface area contributed by atoms with Gasteiger partial charge in [0.05, 0.1) is 58.3 Å². The summed E-state index contributed by atoms with van der Waals surface area (Å²) in [6, 6.07) is 11.1. The topological polar surface area (TPSA) is 102 Å². The molecule has 3 aromatic rings. The highest BCUT2D eigenvalue weighted by atomic mass is 35.5. The molecule has 0 atom stereocenters. The van der Waals surface area contributed by atoms with Crippen molar-refractivity contribution >= 4 is 39.5 Å². The zero-order chi connectivity index (χ0) is 27.2. The van der Waals surface area contributed by atoms with Gasteiger partial charge in [-0.15, -0.1) is 0 Å². The van der Waals surface area contributed by atoms with Crippen LogP contribution >= 0.6 is 11.6 Å². The van der Waals surface area contributed by atoms with E-state index in [1.54, 1.807) is 30.3 Å². The van der Waals surface area contributed by atoms with E-state index in [-0.39, 0.29) is 21.4 Å². The van der Waals surface area contributed by atoms with Crippen LogP contribution in [-0.4, -0.2) is 51.1 Å². The van der Waals surface area contributed by atoms with Crippen LogP contribution in [0.15, 0.2) is 47.4 Å². The highest BCUT2D eigenvalue weighted by molar-refractivity contribution is 7.92. The second-order valence-corrected chi connectivity index (χ2v) is 9.59. The van der Waals surface area contributed by atoms with Gasteiger partial charge in [0.2, 0.25) is 5.75 Å². The molecule has 0 aliphatic rings. The van der Waals surface area contributed by atoms with Crippen molar-refractivity contribution in [2.45, 2.75) is 4.90 Å². The lowest BCUT2D eigenvalue weighted by atomic mass is 10.1. The quantitative estimate of drug-likeness (QED) is 0.319. The molecule has 0 radical (unpaired) electrons. The Morgan fingerprint density at radius 2 is 1.14 bits per heavy atom. The van der Waals surface area contributed by atoms with Crippen LogP contribution in [0.25, 0.3) is 12.2 Å². The van der Waals surface area contributed by atoms with Gasteiger partial charge in [0.25, 0.3) is 10.0 Å². The number of benzene rings is 3. The van der Waals surface area contributed by atoms with E-state index in [0.29, 0.717) is 34.3 Å². The van der Waals surface area contributed by atoms with Crippen LogP contribution in [0.4, 0.5) is 5.69 Å². The number of nitrogens with one attached hydrogen (secondary N) is 1. The summed E-state index contributed by atoms with van der Waals surface area (Å²) in [4.78, 5) is -0.0438. The van der Waals surface area contributed by atoms with E-state index in [9.17, 15) is 8.42 Å². The second-order valence-electron chi connectivity index (χ2n) is 7.50. The van der Waals surface area contributed by atoms with Crippen molar-refractivity contribution in [3.63, 3.8) is 0 Å². The number of hydrogen-bond donors (Lipinski definition) is 1. The average Bonchev–Trinajstić information content (AvgIpc) is 2.90. The van der Waals surface area contributed by atoms with E-state index in [0.717, 1.165) is 5.56 Å². The smallest absolute Gasteiger partial charge is 0.262 e. The van der Waals surface area contributed by atoms with Gasteiger partial charge in [0.1, 0.15) is 5.75 Å². The average molecular weight is 550 g/mol. The van der Waals surface area contributed by atoms with Gasteiger partial charge in [-0.3, -0.25) is 4.72 Å². The van der Waals surface area contributed by atoms with Crippen LogP contribution in [0.2, 0.25) is 5.02 Å². The predicted octanol–water partition coefficient (Wildman–Crippen LogP) is 5.36. The highest BCUT2D eigenvalue weighted by Gasteiger charge is 2.21. The first kappa shape index (κ1) is 27.8. The van der Waals surface area contributed by atoms with Gasteiger partial charge < -0.3 is 28.4 Å². The lowest BCUT2D eigenvalue weighted by Crippen LogP contribution is -2.14. The van der Waals surface area contributed by atoms with Gasteiger partial charge >= 0.3 is 0 Å². The summed E-state index contributed by atoms with van der Waals surface area (Å²) in [7, 11) is 4.91. The number of hydrogen-bond acceptors (Lipinski definition) is 8. The van der Waals surface area contributed by atoms with Gasteiger partial charge in [-0.2, -0.15) is 0 Å². The standard InChI is InChI=1S/C26H28ClNO8S/c1-31-21-10-9-18(15-19(21)27)37(29,30)28-20-11-16(12-22(32-2)25(20)35-5)7-8-17-13-23(33-3)26(36-6)24(14-17)34-4/h7-15,28H,1-6H3/b8-7-. The summed E-state index contributed by atoms with van der Waals surface area (Å²) < 4.78 is 61.0.